The highest BCUT2D eigenvalue weighted by Gasteiger charge is 2.38. The Bertz CT molecular complexity index is 2140. The Morgan fingerprint density at radius 3 is 1.25 bits per heavy atom. The lowest BCUT2D eigenvalue weighted by Gasteiger charge is -2.45. The quantitative estimate of drug-likeness (QED) is 0.194. The first-order chi connectivity index (χ1) is 30.3. The van der Waals surface area contributed by atoms with Gasteiger partial charge < -0.3 is 29.5 Å². The fraction of sp³-hybridized carbons (Fsp3) is 0.565. The molecule has 0 saturated carbocycles. The number of anilines is 2. The van der Waals surface area contributed by atoms with Crippen LogP contribution in [-0.2, 0) is 40.7 Å². The Morgan fingerprint density at radius 2 is 0.938 bits per heavy atom. The molecule has 8 rings (SSSR count). The smallest absolute Gasteiger partial charge is 0.252 e. The minimum Gasteiger partial charge on any atom is -0.386 e. The van der Waals surface area contributed by atoms with Crippen molar-refractivity contribution >= 4 is 54.1 Å². The molecule has 4 fully saturated rings. The number of ether oxygens (including phenoxy) is 2. The summed E-state index contributed by atoms with van der Waals surface area (Å²) in [6, 6.07) is 22.9. The lowest BCUT2D eigenvalue weighted by atomic mass is 9.98. The van der Waals surface area contributed by atoms with Gasteiger partial charge in [-0.05, 0) is 99.8 Å². The highest BCUT2D eigenvalue weighted by molar-refractivity contribution is 7.91. The van der Waals surface area contributed by atoms with Crippen molar-refractivity contribution < 1.29 is 36.5 Å². The van der Waals surface area contributed by atoms with Crippen LogP contribution in [0.2, 0.25) is 0 Å². The van der Waals surface area contributed by atoms with Gasteiger partial charge in [-0.3, -0.25) is 9.80 Å². The Labute approximate surface area is 388 Å². The van der Waals surface area contributed by atoms with Crippen molar-refractivity contribution in [3.8, 4) is 0 Å². The molecule has 4 atom stereocenters. The molecule has 0 aliphatic carbocycles. The molecule has 0 radical (unpaired) electrons. The van der Waals surface area contributed by atoms with Crippen molar-refractivity contribution in [2.45, 2.75) is 85.5 Å². The minimum atomic E-state index is -3.49. The maximum absolute atomic E-state index is 13.2. The maximum atomic E-state index is 13.2. The van der Waals surface area contributed by atoms with E-state index in [1.165, 1.54) is 22.7 Å². The first-order valence-corrected chi connectivity index (χ1v) is 26.9. The second kappa shape index (κ2) is 20.5. The van der Waals surface area contributed by atoms with Crippen molar-refractivity contribution in [3.63, 3.8) is 0 Å². The van der Waals surface area contributed by atoms with E-state index in [4.69, 9.17) is 9.47 Å². The molecule has 4 saturated heterocycles. The summed E-state index contributed by atoms with van der Waals surface area (Å²) < 4.78 is 68.2. The predicted octanol–water partition coefficient (Wildman–Crippen LogP) is 5.15. The minimum absolute atomic E-state index is 0.0248. The number of hydrogen-bond acceptors (Lipinski definition) is 14. The number of hydrogen-bond donors (Lipinski definition) is 2. The zero-order chi connectivity index (χ0) is 45.9. The summed E-state index contributed by atoms with van der Waals surface area (Å²) in [6.07, 6.45) is 0.357. The molecule has 4 aromatic rings. The van der Waals surface area contributed by atoms with E-state index in [0.29, 0.717) is 60.9 Å². The zero-order valence-corrected chi connectivity index (χ0v) is 41.2. The van der Waals surface area contributed by atoms with Crippen LogP contribution in [0.15, 0.2) is 92.0 Å². The van der Waals surface area contributed by atoms with Gasteiger partial charge in [-0.25, -0.2) is 16.8 Å². The molecule has 4 aliphatic rings. The molecule has 2 aromatic heterocycles. The van der Waals surface area contributed by atoms with Crippen molar-refractivity contribution in [2.75, 3.05) is 102 Å². The van der Waals surface area contributed by atoms with E-state index in [-0.39, 0.29) is 24.3 Å². The molecule has 4 aliphatic heterocycles. The maximum Gasteiger partial charge on any atom is 0.252 e. The average molecular weight is 959 g/mol. The molecular weight excluding hydrogens is 893 g/mol. The highest BCUT2D eigenvalue weighted by Crippen LogP contribution is 2.31. The lowest BCUT2D eigenvalue weighted by Crippen LogP contribution is -2.59. The van der Waals surface area contributed by atoms with Gasteiger partial charge in [0.25, 0.3) is 20.0 Å². The molecule has 2 aromatic carbocycles. The van der Waals surface area contributed by atoms with Gasteiger partial charge in [0.2, 0.25) is 0 Å². The third-order valence-corrected chi connectivity index (χ3v) is 18.9. The van der Waals surface area contributed by atoms with Gasteiger partial charge in [-0.15, -0.1) is 22.7 Å². The number of rotatable bonds is 12. The summed E-state index contributed by atoms with van der Waals surface area (Å²) in [5.74, 6) is 0. The average Bonchev–Trinajstić information content (AvgIpc) is 4.01. The normalized spacial score (nSPS) is 24.1. The van der Waals surface area contributed by atoms with Gasteiger partial charge in [0.05, 0.1) is 48.7 Å². The third-order valence-electron chi connectivity index (χ3n) is 12.5. The Kier molecular flexibility index (Phi) is 15.7. The van der Waals surface area contributed by atoms with Gasteiger partial charge >= 0.3 is 0 Å². The van der Waals surface area contributed by atoms with E-state index in [0.717, 1.165) is 61.8 Å². The lowest BCUT2D eigenvalue weighted by molar-refractivity contribution is -0.0211. The second-order valence-electron chi connectivity index (χ2n) is 18.4. The number of nitrogens with zero attached hydrogens (tertiary/aromatic N) is 6. The molecule has 352 valence electrons. The topological polar surface area (TPSA) is 147 Å². The van der Waals surface area contributed by atoms with Crippen LogP contribution >= 0.6 is 22.7 Å². The van der Waals surface area contributed by atoms with Crippen LogP contribution in [0.1, 0.15) is 52.7 Å². The first-order valence-electron chi connectivity index (χ1n) is 22.2. The molecular formula is C46H66N6O8S4. The first kappa shape index (κ1) is 48.9. The fourth-order valence-corrected chi connectivity index (χ4v) is 14.2. The van der Waals surface area contributed by atoms with Gasteiger partial charge in [0.15, 0.2) is 0 Å². The molecule has 14 nitrogen and oxygen atoms in total. The SMILES string of the molecule is C[C@@H]1CN(C[C@@H]2CN(S(=O)(=O)c3cccs3)CCN2c2ccc(C(C)(C)O)cc2)CCO1.C[C@@H]1CN(C[C@H]2CN(S(=O)(=O)c3cccs3)CCN2c2ccc(C(C)(C)O)cc2)CCO1. The predicted molar refractivity (Wildman–Crippen MR) is 256 cm³/mol. The number of piperazine rings is 2. The fourth-order valence-electron chi connectivity index (χ4n) is 8.99. The number of morpholine rings is 2. The van der Waals surface area contributed by atoms with Crippen molar-refractivity contribution in [1.82, 2.24) is 18.4 Å². The van der Waals surface area contributed by atoms with Crippen LogP contribution in [0.3, 0.4) is 0 Å². The number of benzene rings is 2. The van der Waals surface area contributed by atoms with E-state index in [1.54, 1.807) is 71.3 Å². The van der Waals surface area contributed by atoms with Crippen LogP contribution in [-0.4, -0.2) is 162 Å². The molecule has 6 heterocycles. The summed E-state index contributed by atoms with van der Waals surface area (Å²) >= 11 is 2.54. The van der Waals surface area contributed by atoms with E-state index < -0.39 is 31.2 Å². The molecule has 0 spiro atoms. The van der Waals surface area contributed by atoms with Gasteiger partial charge in [0.1, 0.15) is 8.42 Å². The Balaban J connectivity index is 0.000000191. The molecule has 0 amide bonds. The van der Waals surface area contributed by atoms with Crippen molar-refractivity contribution in [2.24, 2.45) is 0 Å². The number of aliphatic hydroxyl groups is 2. The summed E-state index contributed by atoms with van der Waals surface area (Å²) in [6.45, 7) is 20.6. The Hall–Kier alpha value is -2.98. The molecule has 0 bridgehead atoms. The van der Waals surface area contributed by atoms with E-state index >= 15 is 0 Å². The van der Waals surface area contributed by atoms with Crippen LogP contribution in [0, 0.1) is 0 Å². The van der Waals surface area contributed by atoms with Crippen LogP contribution in [0.25, 0.3) is 0 Å². The molecule has 0 unspecified atom stereocenters. The van der Waals surface area contributed by atoms with E-state index in [9.17, 15) is 27.0 Å². The summed E-state index contributed by atoms with van der Waals surface area (Å²) in [5, 5.41) is 24.2. The third kappa shape index (κ3) is 11.9. The van der Waals surface area contributed by atoms with E-state index in [1.807, 2.05) is 48.5 Å². The van der Waals surface area contributed by atoms with Crippen molar-refractivity contribution in [1.29, 1.82) is 0 Å². The zero-order valence-electron chi connectivity index (χ0n) is 38.0. The van der Waals surface area contributed by atoms with Gasteiger partial charge in [-0.2, -0.15) is 8.61 Å². The van der Waals surface area contributed by atoms with E-state index in [2.05, 4.69) is 33.4 Å². The van der Waals surface area contributed by atoms with Gasteiger partial charge in [-0.1, -0.05) is 36.4 Å². The number of thiophene rings is 2. The van der Waals surface area contributed by atoms with Gasteiger partial charge in [0, 0.05) is 89.9 Å². The monoisotopic (exact) mass is 958 g/mol. The van der Waals surface area contributed by atoms with Crippen LogP contribution in [0.5, 0.6) is 0 Å². The summed E-state index contributed by atoms with van der Waals surface area (Å²) in [5.41, 5.74) is 2.04. The van der Waals surface area contributed by atoms with Crippen molar-refractivity contribution in [3.05, 3.63) is 94.7 Å². The summed E-state index contributed by atoms with van der Waals surface area (Å²) in [4.78, 5) is 9.38. The highest BCUT2D eigenvalue weighted by atomic mass is 32.3. The molecule has 2 N–H and O–H groups in total. The largest absolute Gasteiger partial charge is 0.386 e. The Morgan fingerprint density at radius 1 is 0.562 bits per heavy atom. The second-order valence-corrected chi connectivity index (χ2v) is 24.6. The summed E-state index contributed by atoms with van der Waals surface area (Å²) in [7, 11) is -6.97. The molecule has 64 heavy (non-hydrogen) atoms. The van der Waals surface area contributed by atoms with Crippen LogP contribution < -0.4 is 9.80 Å². The van der Waals surface area contributed by atoms with Crippen LogP contribution in [0.4, 0.5) is 11.4 Å². The standard InChI is InChI=1S/2C23H33N3O4S2/c2*1-18-15-24(12-13-30-18)16-21-17-25(32(28,29)22-5-4-14-31-22)10-11-26(21)20-8-6-19(7-9-20)23(2,3)27/h2*4-9,14,18,21,27H,10-13,15-17H2,1-3H3/t18-,21+;18-,21-/m11/s1. The molecule has 18 heteroatoms. The number of sulfonamides is 2.